The lowest BCUT2D eigenvalue weighted by Gasteiger charge is -2.33. The number of rotatable bonds is 6. The van der Waals surface area contributed by atoms with E-state index in [-0.39, 0.29) is 23.8 Å². The van der Waals surface area contributed by atoms with E-state index >= 15 is 0 Å². The van der Waals surface area contributed by atoms with Gasteiger partial charge in [0, 0.05) is 43.5 Å². The molecule has 5 nitrogen and oxygen atoms in total. The minimum atomic E-state index is -4.43. The molecule has 1 atom stereocenters. The molecule has 1 aliphatic heterocycles. The zero-order chi connectivity index (χ0) is 21.7. The molecule has 0 bridgehead atoms. The maximum atomic E-state index is 12.8. The van der Waals surface area contributed by atoms with Gasteiger partial charge < -0.3 is 4.90 Å². The Bertz CT molecular complexity index is 869. The lowest BCUT2D eigenvalue weighted by molar-refractivity contribution is -0.137. The molecule has 1 saturated heterocycles. The highest BCUT2D eigenvalue weighted by Gasteiger charge is 2.32. The number of pyridine rings is 1. The summed E-state index contributed by atoms with van der Waals surface area (Å²) in [6.07, 6.45) is 0.283. The maximum Gasteiger partial charge on any atom is 0.416 e. The summed E-state index contributed by atoms with van der Waals surface area (Å²) in [6, 6.07) is 8.06. The van der Waals surface area contributed by atoms with Crippen LogP contribution in [0.3, 0.4) is 0 Å². The van der Waals surface area contributed by atoms with Crippen molar-refractivity contribution in [2.75, 3.05) is 26.7 Å². The lowest BCUT2D eigenvalue weighted by atomic mass is 9.89. The second kappa shape index (κ2) is 9.38. The van der Waals surface area contributed by atoms with Crippen molar-refractivity contribution in [1.29, 1.82) is 0 Å². The maximum absolute atomic E-state index is 12.8. The molecule has 2 heterocycles. The number of hydrogen-bond donors (Lipinski definition) is 0. The monoisotopic (exact) mass is 419 g/mol. The second-order valence-electron chi connectivity index (χ2n) is 7.65. The minimum Gasteiger partial charge on any atom is -0.341 e. The average molecular weight is 419 g/mol. The van der Waals surface area contributed by atoms with Crippen LogP contribution in [0.25, 0.3) is 0 Å². The molecule has 1 amide bonds. The van der Waals surface area contributed by atoms with Gasteiger partial charge in [0.2, 0.25) is 5.91 Å². The molecule has 0 spiro atoms. The van der Waals surface area contributed by atoms with Crippen LogP contribution in [0.2, 0.25) is 0 Å². The number of benzene rings is 1. The van der Waals surface area contributed by atoms with Gasteiger partial charge in [0.15, 0.2) is 5.78 Å². The molecule has 0 saturated carbocycles. The Morgan fingerprint density at radius 3 is 2.43 bits per heavy atom. The summed E-state index contributed by atoms with van der Waals surface area (Å²) < 4.78 is 38.2. The van der Waals surface area contributed by atoms with Crippen molar-refractivity contribution in [3.05, 3.63) is 65.5 Å². The number of ketones is 1. The summed E-state index contributed by atoms with van der Waals surface area (Å²) in [5, 5.41) is 0. The van der Waals surface area contributed by atoms with E-state index in [1.807, 2.05) is 24.1 Å². The lowest BCUT2D eigenvalue weighted by Crippen LogP contribution is -2.45. The van der Waals surface area contributed by atoms with E-state index in [1.165, 1.54) is 12.1 Å². The van der Waals surface area contributed by atoms with Crippen LogP contribution in [-0.2, 0) is 17.5 Å². The fourth-order valence-electron chi connectivity index (χ4n) is 3.66. The van der Waals surface area contributed by atoms with E-state index in [0.717, 1.165) is 17.7 Å². The van der Waals surface area contributed by atoms with Gasteiger partial charge in [-0.15, -0.1) is 0 Å². The Balaban J connectivity index is 1.57. The number of nitrogens with zero attached hydrogens (tertiary/aromatic N) is 3. The molecular weight excluding hydrogens is 395 g/mol. The molecule has 0 N–H and O–H groups in total. The van der Waals surface area contributed by atoms with Crippen LogP contribution in [0.5, 0.6) is 0 Å². The third kappa shape index (κ3) is 5.66. The molecule has 1 aromatic carbocycles. The molecule has 1 aromatic heterocycles. The fraction of sp³-hybridized carbons (Fsp3) is 0.409. The molecule has 8 heteroatoms. The van der Waals surface area contributed by atoms with Crippen molar-refractivity contribution in [1.82, 2.24) is 14.8 Å². The van der Waals surface area contributed by atoms with Gasteiger partial charge in [0.1, 0.15) is 0 Å². The Morgan fingerprint density at radius 1 is 1.13 bits per heavy atom. The zero-order valence-corrected chi connectivity index (χ0v) is 16.7. The summed E-state index contributed by atoms with van der Waals surface area (Å²) in [7, 11) is 1.85. The molecular formula is C22H24F3N3O2. The number of carbonyl (C=O) groups excluding carboxylic acids is 2. The van der Waals surface area contributed by atoms with Gasteiger partial charge in [-0.2, -0.15) is 13.2 Å². The van der Waals surface area contributed by atoms with Crippen molar-refractivity contribution in [3.8, 4) is 0 Å². The first-order valence-corrected chi connectivity index (χ1v) is 9.80. The van der Waals surface area contributed by atoms with Crippen LogP contribution >= 0.6 is 0 Å². The Labute approximate surface area is 173 Å². The van der Waals surface area contributed by atoms with Gasteiger partial charge in [0.05, 0.1) is 12.1 Å². The van der Waals surface area contributed by atoms with Crippen LogP contribution in [0, 0.1) is 5.92 Å². The smallest absolute Gasteiger partial charge is 0.341 e. The number of likely N-dealkylation sites (tertiary alicyclic amines) is 1. The first-order valence-electron chi connectivity index (χ1n) is 9.80. The van der Waals surface area contributed by atoms with Gasteiger partial charge in [0.25, 0.3) is 0 Å². The van der Waals surface area contributed by atoms with Gasteiger partial charge in [-0.3, -0.25) is 19.5 Å². The number of likely N-dealkylation sites (N-methyl/N-ethyl adjacent to an activating group) is 1. The van der Waals surface area contributed by atoms with Crippen molar-refractivity contribution >= 4 is 11.7 Å². The minimum absolute atomic E-state index is 0.0588. The highest BCUT2D eigenvalue weighted by molar-refractivity contribution is 5.98. The van der Waals surface area contributed by atoms with E-state index in [9.17, 15) is 22.8 Å². The number of aromatic nitrogens is 1. The third-order valence-electron chi connectivity index (χ3n) is 5.25. The second-order valence-corrected chi connectivity index (χ2v) is 7.65. The standard InChI is InChI=1S/C22H24F3N3O2/c1-27(13-16-8-10-26-11-9-16)15-20(29)28-12-2-3-18(14-28)21(30)17-4-6-19(7-5-17)22(23,24)25/h4-11,18H,2-3,12-15H2,1H3. The van der Waals surface area contributed by atoms with E-state index in [2.05, 4.69) is 4.98 Å². The summed E-state index contributed by atoms with van der Waals surface area (Å²) in [5.41, 5.74) is 0.517. The first-order chi connectivity index (χ1) is 14.2. The van der Waals surface area contributed by atoms with Gasteiger partial charge in [-0.25, -0.2) is 0 Å². The molecule has 1 fully saturated rings. The van der Waals surface area contributed by atoms with Gasteiger partial charge >= 0.3 is 6.18 Å². The van der Waals surface area contributed by atoms with Crippen LogP contribution in [-0.4, -0.2) is 53.2 Å². The molecule has 1 unspecified atom stereocenters. The molecule has 30 heavy (non-hydrogen) atoms. The average Bonchev–Trinajstić information content (AvgIpc) is 2.73. The highest BCUT2D eigenvalue weighted by atomic mass is 19.4. The number of Topliss-reactive ketones (excluding diaryl/α,β-unsaturated/α-hetero) is 1. The summed E-state index contributed by atoms with van der Waals surface area (Å²) in [4.78, 5) is 33.0. The van der Waals surface area contributed by atoms with Crippen LogP contribution in [0.1, 0.15) is 34.3 Å². The van der Waals surface area contributed by atoms with Crippen molar-refractivity contribution in [2.24, 2.45) is 5.92 Å². The predicted molar refractivity (Wildman–Crippen MR) is 106 cm³/mol. The Hall–Kier alpha value is -2.74. The Kier molecular flexibility index (Phi) is 6.87. The number of carbonyl (C=O) groups is 2. The summed E-state index contributed by atoms with van der Waals surface area (Å²) in [6.45, 7) is 1.71. The predicted octanol–water partition coefficient (Wildman–Crippen LogP) is 3.65. The quantitative estimate of drug-likeness (QED) is 0.671. The number of piperidine rings is 1. The van der Waals surface area contributed by atoms with Crippen molar-refractivity contribution in [2.45, 2.75) is 25.6 Å². The normalized spacial score (nSPS) is 17.2. The highest BCUT2D eigenvalue weighted by Crippen LogP contribution is 2.30. The summed E-state index contributed by atoms with van der Waals surface area (Å²) in [5.74, 6) is -0.673. The molecule has 1 aliphatic rings. The largest absolute Gasteiger partial charge is 0.416 e. The molecule has 0 radical (unpaired) electrons. The van der Waals surface area contributed by atoms with Crippen molar-refractivity contribution < 1.29 is 22.8 Å². The van der Waals surface area contributed by atoms with Crippen LogP contribution in [0.15, 0.2) is 48.8 Å². The zero-order valence-electron chi connectivity index (χ0n) is 16.7. The van der Waals surface area contributed by atoms with Crippen LogP contribution < -0.4 is 0 Å². The molecule has 3 rings (SSSR count). The number of hydrogen-bond acceptors (Lipinski definition) is 4. The number of alkyl halides is 3. The molecule has 2 aromatic rings. The van der Waals surface area contributed by atoms with Crippen molar-refractivity contribution in [3.63, 3.8) is 0 Å². The number of halogens is 3. The Morgan fingerprint density at radius 2 is 1.80 bits per heavy atom. The molecule has 160 valence electrons. The van der Waals surface area contributed by atoms with E-state index in [1.54, 1.807) is 17.3 Å². The topological polar surface area (TPSA) is 53.5 Å². The van der Waals surface area contributed by atoms with Gasteiger partial charge in [-0.05, 0) is 49.7 Å². The van der Waals surface area contributed by atoms with E-state index in [4.69, 9.17) is 0 Å². The molecule has 0 aliphatic carbocycles. The van der Waals surface area contributed by atoms with Gasteiger partial charge in [-0.1, -0.05) is 12.1 Å². The fourth-order valence-corrected chi connectivity index (χ4v) is 3.66. The van der Waals surface area contributed by atoms with E-state index in [0.29, 0.717) is 32.5 Å². The van der Waals surface area contributed by atoms with Crippen LogP contribution in [0.4, 0.5) is 13.2 Å². The first kappa shape index (κ1) is 22.0. The van der Waals surface area contributed by atoms with E-state index < -0.39 is 17.7 Å². The summed E-state index contributed by atoms with van der Waals surface area (Å²) >= 11 is 0. The third-order valence-corrected chi connectivity index (χ3v) is 5.25. The SMILES string of the molecule is CN(CC(=O)N1CCCC(C(=O)c2ccc(C(F)(F)F)cc2)C1)Cc1ccncc1. The number of amides is 1.